The van der Waals surface area contributed by atoms with E-state index < -0.39 is 0 Å². The van der Waals surface area contributed by atoms with Gasteiger partial charge in [-0.1, -0.05) is 180 Å². The van der Waals surface area contributed by atoms with Crippen LogP contribution < -0.4 is 26.2 Å². The van der Waals surface area contributed by atoms with Crippen molar-refractivity contribution in [3.05, 3.63) is 202 Å². The predicted octanol–water partition coefficient (Wildman–Crippen LogP) is 18.9. The fraction of sp³-hybridized carbons (Fsp3) is 0.270. The van der Waals surface area contributed by atoms with E-state index in [1.54, 1.807) is 0 Å². The highest BCUT2D eigenvalue weighted by Crippen LogP contribution is 2.51. The molecule has 0 saturated carbocycles. The molecule has 11 aromatic rings. The van der Waals surface area contributed by atoms with Crippen molar-refractivity contribution in [3.63, 3.8) is 0 Å². The Hall–Kier alpha value is -7.76. The molecule has 394 valence electrons. The van der Waals surface area contributed by atoms with Crippen LogP contribution in [-0.2, 0) is 21.7 Å². The SMILES string of the molecule is Cc1cc(C(C)(C)C)cc(C)c1N1c2ccc(C(C)(C)C)cc2B2c3cc4c5ccc(C(C)(C)C)cc5n(-c5ccccc5)c4cc3N(c3c(C)cc(-c4cccc5c4oc4ccccc45)cc3C)c3cc(C(C)(C)C)cc1c32. The van der Waals surface area contributed by atoms with Crippen molar-refractivity contribution in [1.82, 2.24) is 4.57 Å². The molecule has 9 aromatic carbocycles. The van der Waals surface area contributed by atoms with Gasteiger partial charge in [-0.2, -0.15) is 0 Å². The zero-order chi connectivity index (χ0) is 55.6. The summed E-state index contributed by atoms with van der Waals surface area (Å²) in [4.78, 5) is 5.35. The number of hydrogen-bond donors (Lipinski definition) is 0. The van der Waals surface area contributed by atoms with E-state index in [1.165, 1.54) is 117 Å². The third-order valence-corrected chi connectivity index (χ3v) is 17.6. The third-order valence-electron chi connectivity index (χ3n) is 17.6. The Labute approximate surface area is 468 Å². The number of rotatable bonds is 4. The van der Waals surface area contributed by atoms with Crippen LogP contribution in [0.15, 0.2) is 162 Å². The van der Waals surface area contributed by atoms with Crippen LogP contribution in [0.1, 0.15) is 128 Å². The van der Waals surface area contributed by atoms with Crippen LogP contribution in [0.2, 0.25) is 0 Å². The Bertz CT molecular complexity index is 4300. The van der Waals surface area contributed by atoms with Gasteiger partial charge in [0.2, 0.25) is 0 Å². The first-order valence-corrected chi connectivity index (χ1v) is 28.6. The van der Waals surface area contributed by atoms with E-state index in [9.17, 15) is 0 Å². The number of aromatic nitrogens is 1. The molecule has 4 heterocycles. The van der Waals surface area contributed by atoms with Gasteiger partial charge in [-0.15, -0.1) is 0 Å². The molecule has 0 radical (unpaired) electrons. The van der Waals surface area contributed by atoms with Crippen LogP contribution >= 0.6 is 0 Å². The number of furan rings is 1. The van der Waals surface area contributed by atoms with E-state index in [-0.39, 0.29) is 28.4 Å². The molecular formula is C74H74BN3O. The van der Waals surface area contributed by atoms with E-state index in [4.69, 9.17) is 4.42 Å². The van der Waals surface area contributed by atoms with E-state index in [0.29, 0.717) is 0 Å². The number of aryl methyl sites for hydroxylation is 4. The Morgan fingerprint density at radius 3 is 1.53 bits per heavy atom. The van der Waals surface area contributed by atoms with E-state index in [2.05, 4.69) is 283 Å². The minimum absolute atomic E-state index is 0.00319. The molecule has 13 rings (SSSR count). The Morgan fingerprint density at radius 2 is 0.899 bits per heavy atom. The van der Waals surface area contributed by atoms with Gasteiger partial charge in [0.05, 0.1) is 22.4 Å². The summed E-state index contributed by atoms with van der Waals surface area (Å²) >= 11 is 0. The van der Waals surface area contributed by atoms with Crippen LogP contribution in [0.4, 0.5) is 34.1 Å². The summed E-state index contributed by atoms with van der Waals surface area (Å²) in [6.45, 7) is 37.4. The van der Waals surface area contributed by atoms with Crippen LogP contribution in [0.5, 0.6) is 0 Å². The topological polar surface area (TPSA) is 24.6 Å². The zero-order valence-corrected chi connectivity index (χ0v) is 49.3. The average molecular weight is 1030 g/mol. The number of benzene rings is 9. The van der Waals surface area contributed by atoms with Crippen molar-refractivity contribution in [2.24, 2.45) is 0 Å². The fourth-order valence-electron chi connectivity index (χ4n) is 13.4. The Morgan fingerprint density at radius 1 is 0.380 bits per heavy atom. The van der Waals surface area contributed by atoms with Gasteiger partial charge in [0.25, 0.3) is 6.71 Å². The maximum Gasteiger partial charge on any atom is 0.252 e. The summed E-state index contributed by atoms with van der Waals surface area (Å²) in [5.41, 5.74) is 29.0. The first-order valence-electron chi connectivity index (χ1n) is 28.6. The molecule has 0 spiro atoms. The standard InChI is InChI=1S/C74H74BN3O/c1-43-33-47(53-26-22-27-56-55-25-20-21-28-66(55)79-70(53)56)34-44(2)68(43)78-63-42-62-57(54-31-29-49(72(8,9)10)38-61(54)76(62)52-23-18-17-19-24-52)41-59(63)75-58-37-48(71(5,6)7)30-32-60(58)77(64-39-51(74(14,15)16)40-65(78)67(64)75)69-45(3)35-50(36-46(69)4)73(11,12)13/h17-42H,1-16H3. The van der Waals surface area contributed by atoms with E-state index >= 15 is 0 Å². The number of para-hydroxylation sites is 3. The highest BCUT2D eigenvalue weighted by atomic mass is 16.3. The number of anilines is 6. The molecule has 79 heavy (non-hydrogen) atoms. The number of fused-ring (bicyclic) bond motifs is 10. The van der Waals surface area contributed by atoms with Gasteiger partial charge in [-0.3, -0.25) is 0 Å². The first-order chi connectivity index (χ1) is 37.4. The molecule has 0 bridgehead atoms. The summed E-state index contributed by atoms with van der Waals surface area (Å²) in [6.07, 6.45) is 0. The van der Waals surface area contributed by atoms with Crippen LogP contribution in [0, 0.1) is 27.7 Å². The molecule has 4 nitrogen and oxygen atoms in total. The summed E-state index contributed by atoms with van der Waals surface area (Å²) in [5, 5.41) is 4.80. The second kappa shape index (κ2) is 17.4. The number of nitrogens with zero attached hydrogens (tertiary/aromatic N) is 3. The van der Waals surface area contributed by atoms with Crippen molar-refractivity contribution < 1.29 is 4.42 Å². The molecule has 0 fully saturated rings. The van der Waals surface area contributed by atoms with Gasteiger partial charge in [-0.05, 0) is 176 Å². The minimum atomic E-state index is -0.178. The molecule has 0 atom stereocenters. The van der Waals surface area contributed by atoms with E-state index in [1.807, 2.05) is 0 Å². The van der Waals surface area contributed by atoms with Crippen LogP contribution in [-0.4, -0.2) is 11.3 Å². The summed E-state index contributed by atoms with van der Waals surface area (Å²) in [6, 6.07) is 60.6. The van der Waals surface area contributed by atoms with Gasteiger partial charge in [-0.25, -0.2) is 0 Å². The maximum atomic E-state index is 6.71. The monoisotopic (exact) mass is 1030 g/mol. The predicted molar refractivity (Wildman–Crippen MR) is 341 cm³/mol. The lowest BCUT2D eigenvalue weighted by atomic mass is 9.33. The van der Waals surface area contributed by atoms with Crippen molar-refractivity contribution in [2.75, 3.05) is 9.80 Å². The summed E-state index contributed by atoms with van der Waals surface area (Å²) in [5.74, 6) is 0. The largest absolute Gasteiger partial charge is 0.455 e. The van der Waals surface area contributed by atoms with Gasteiger partial charge in [0, 0.05) is 55.5 Å². The van der Waals surface area contributed by atoms with Crippen LogP contribution in [0.3, 0.4) is 0 Å². The third kappa shape index (κ3) is 7.92. The normalized spacial score (nSPS) is 13.7. The molecule has 5 heteroatoms. The summed E-state index contributed by atoms with van der Waals surface area (Å²) in [7, 11) is 0. The quantitative estimate of drug-likeness (QED) is 0.164. The smallest absolute Gasteiger partial charge is 0.252 e. The summed E-state index contributed by atoms with van der Waals surface area (Å²) < 4.78 is 9.24. The van der Waals surface area contributed by atoms with Crippen molar-refractivity contribution >= 4 is 101 Å². The van der Waals surface area contributed by atoms with Crippen molar-refractivity contribution in [3.8, 4) is 16.8 Å². The maximum absolute atomic E-state index is 6.71. The molecule has 0 amide bonds. The zero-order valence-electron chi connectivity index (χ0n) is 49.3. The van der Waals surface area contributed by atoms with Crippen LogP contribution in [0.25, 0.3) is 60.6 Å². The van der Waals surface area contributed by atoms with Gasteiger partial charge in [0.15, 0.2) is 0 Å². The van der Waals surface area contributed by atoms with Gasteiger partial charge < -0.3 is 18.8 Å². The molecule has 0 unspecified atom stereocenters. The highest BCUT2D eigenvalue weighted by Gasteiger charge is 2.46. The molecule has 2 aliphatic heterocycles. The lowest BCUT2D eigenvalue weighted by Gasteiger charge is -2.46. The fourth-order valence-corrected chi connectivity index (χ4v) is 13.4. The molecule has 0 saturated heterocycles. The van der Waals surface area contributed by atoms with Crippen molar-refractivity contribution in [1.29, 1.82) is 0 Å². The second-order valence-corrected chi connectivity index (χ2v) is 27.3. The molecule has 2 aromatic heterocycles. The van der Waals surface area contributed by atoms with Crippen molar-refractivity contribution in [2.45, 2.75) is 132 Å². The molecular weight excluding hydrogens is 958 g/mol. The lowest BCUT2D eigenvalue weighted by Crippen LogP contribution is -2.61. The number of hydrogen-bond acceptors (Lipinski definition) is 3. The van der Waals surface area contributed by atoms with Gasteiger partial charge in [0.1, 0.15) is 11.2 Å². The molecule has 0 N–H and O–H groups in total. The highest BCUT2D eigenvalue weighted by molar-refractivity contribution is 7.00. The average Bonchev–Trinajstić information content (AvgIpc) is 2.65. The second-order valence-electron chi connectivity index (χ2n) is 27.3. The Kier molecular flexibility index (Phi) is 11.2. The molecule has 2 aliphatic rings. The molecule has 0 aliphatic carbocycles. The van der Waals surface area contributed by atoms with E-state index in [0.717, 1.165) is 38.8 Å². The lowest BCUT2D eigenvalue weighted by molar-refractivity contribution is 0.589. The van der Waals surface area contributed by atoms with Gasteiger partial charge >= 0.3 is 0 Å². The Balaban J connectivity index is 1.18. The first kappa shape index (κ1) is 50.7. The minimum Gasteiger partial charge on any atom is -0.455 e.